The summed E-state index contributed by atoms with van der Waals surface area (Å²) in [4.78, 5) is 25.4. The summed E-state index contributed by atoms with van der Waals surface area (Å²) in [6.07, 6.45) is 8.81. The van der Waals surface area contributed by atoms with E-state index >= 15 is 0 Å². The van der Waals surface area contributed by atoms with Crippen molar-refractivity contribution in [3.05, 3.63) is 12.2 Å². The van der Waals surface area contributed by atoms with Gasteiger partial charge in [-0.05, 0) is 64.2 Å². The van der Waals surface area contributed by atoms with E-state index in [0.29, 0.717) is 31.3 Å². The lowest BCUT2D eigenvalue weighted by atomic mass is 9.46. The third-order valence-corrected chi connectivity index (χ3v) is 6.90. The van der Waals surface area contributed by atoms with Gasteiger partial charge in [0.05, 0.1) is 11.0 Å². The van der Waals surface area contributed by atoms with E-state index in [2.05, 4.69) is 6.58 Å². The van der Waals surface area contributed by atoms with Gasteiger partial charge in [0.2, 0.25) is 0 Å². The van der Waals surface area contributed by atoms with Crippen molar-refractivity contribution < 1.29 is 24.2 Å². The van der Waals surface area contributed by atoms with Crippen LogP contribution in [0.25, 0.3) is 0 Å². The number of hydrogen-bond acceptors (Lipinski definition) is 5. The highest BCUT2D eigenvalue weighted by atomic mass is 16.6. The topological polar surface area (TPSA) is 72.8 Å². The summed E-state index contributed by atoms with van der Waals surface area (Å²) in [5, 5.41) is 11.1. The van der Waals surface area contributed by atoms with Crippen LogP contribution in [0.1, 0.15) is 77.6 Å². The first-order valence-corrected chi connectivity index (χ1v) is 10.1. The van der Waals surface area contributed by atoms with Gasteiger partial charge in [-0.1, -0.05) is 13.0 Å². The van der Waals surface area contributed by atoms with Crippen LogP contribution in [0.3, 0.4) is 0 Å². The quantitative estimate of drug-likeness (QED) is 0.613. The highest BCUT2D eigenvalue weighted by Gasteiger charge is 2.67. The molecule has 1 N–H and O–H groups in total. The normalized spacial score (nSPS) is 41.7. The molecule has 5 fully saturated rings. The largest absolute Gasteiger partial charge is 0.462 e. The molecule has 4 unspecified atom stereocenters. The van der Waals surface area contributed by atoms with Gasteiger partial charge in [-0.3, -0.25) is 4.79 Å². The minimum absolute atomic E-state index is 0.00724. The van der Waals surface area contributed by atoms with Gasteiger partial charge in [-0.25, -0.2) is 4.79 Å². The van der Waals surface area contributed by atoms with Crippen LogP contribution in [0, 0.1) is 11.3 Å². The molecule has 144 valence electrons. The van der Waals surface area contributed by atoms with Gasteiger partial charge in [0.25, 0.3) is 0 Å². The molecular weight excluding hydrogens is 332 g/mol. The number of carbonyl (C=O) groups is 2. The minimum atomic E-state index is -0.930. The van der Waals surface area contributed by atoms with Gasteiger partial charge in [0.15, 0.2) is 0 Å². The summed E-state index contributed by atoms with van der Waals surface area (Å²) in [7, 11) is 0. The van der Waals surface area contributed by atoms with E-state index in [4.69, 9.17) is 9.47 Å². The molecule has 5 nitrogen and oxygen atoms in total. The number of carbonyl (C=O) groups excluding carboxylic acids is 2. The van der Waals surface area contributed by atoms with Crippen LogP contribution < -0.4 is 0 Å². The molecule has 5 heteroatoms. The van der Waals surface area contributed by atoms with Crippen molar-refractivity contribution in [3.8, 4) is 0 Å². The molecule has 5 aliphatic carbocycles. The first kappa shape index (κ1) is 18.0. The smallest absolute Gasteiger partial charge is 0.333 e. The summed E-state index contributed by atoms with van der Waals surface area (Å²) in [5.74, 6) is -0.401. The first-order chi connectivity index (χ1) is 12.2. The van der Waals surface area contributed by atoms with Gasteiger partial charge < -0.3 is 14.6 Å². The van der Waals surface area contributed by atoms with Crippen molar-refractivity contribution in [1.82, 2.24) is 0 Å². The van der Waals surface area contributed by atoms with E-state index in [1.165, 1.54) is 6.42 Å². The standard InChI is InChI=1S/C21H30O5/c1-14(2)17(22)26-21-10-15-8-19(12-21,11-20(24,9-15)13-21)18(23)25-16-6-4-3-5-7-16/h15-16,24H,1,3-13H2,2H3. The lowest BCUT2D eigenvalue weighted by Gasteiger charge is -2.62. The van der Waals surface area contributed by atoms with Crippen molar-refractivity contribution >= 4 is 11.9 Å². The molecular formula is C21H30O5. The molecule has 0 radical (unpaired) electrons. The first-order valence-electron chi connectivity index (χ1n) is 10.1. The van der Waals surface area contributed by atoms with Gasteiger partial charge in [-0.15, -0.1) is 0 Å². The van der Waals surface area contributed by atoms with Crippen LogP contribution in [0.2, 0.25) is 0 Å². The fraction of sp³-hybridized carbons (Fsp3) is 0.810. The molecule has 4 atom stereocenters. The summed E-state index contributed by atoms with van der Waals surface area (Å²) < 4.78 is 11.7. The average molecular weight is 362 g/mol. The molecule has 0 aromatic rings. The van der Waals surface area contributed by atoms with Gasteiger partial charge in [0.1, 0.15) is 11.7 Å². The Morgan fingerprint density at radius 2 is 1.77 bits per heavy atom. The van der Waals surface area contributed by atoms with E-state index in [-0.39, 0.29) is 18.0 Å². The second-order valence-electron chi connectivity index (χ2n) is 9.53. The maximum absolute atomic E-state index is 13.2. The van der Waals surface area contributed by atoms with Gasteiger partial charge in [0, 0.05) is 18.4 Å². The van der Waals surface area contributed by atoms with Crippen LogP contribution in [0.5, 0.6) is 0 Å². The summed E-state index contributed by atoms with van der Waals surface area (Å²) in [6, 6.07) is 0. The Labute approximate surface area is 155 Å². The van der Waals surface area contributed by atoms with Crippen molar-refractivity contribution in [1.29, 1.82) is 0 Å². The molecule has 0 amide bonds. The van der Waals surface area contributed by atoms with E-state index in [9.17, 15) is 14.7 Å². The summed E-state index contributed by atoms with van der Waals surface area (Å²) >= 11 is 0. The highest BCUT2D eigenvalue weighted by Crippen LogP contribution is 2.64. The van der Waals surface area contributed by atoms with E-state index in [1.54, 1.807) is 6.92 Å². The van der Waals surface area contributed by atoms with E-state index in [1.807, 2.05) is 0 Å². The zero-order chi connectivity index (χ0) is 18.6. The Balaban J connectivity index is 1.57. The van der Waals surface area contributed by atoms with Crippen molar-refractivity contribution in [2.24, 2.45) is 11.3 Å². The minimum Gasteiger partial charge on any atom is -0.462 e. The highest BCUT2D eigenvalue weighted by molar-refractivity contribution is 5.87. The molecule has 5 rings (SSSR count). The number of hydrogen-bond donors (Lipinski definition) is 1. The molecule has 0 aromatic carbocycles. The van der Waals surface area contributed by atoms with Crippen LogP contribution in [-0.2, 0) is 19.1 Å². The Bertz CT molecular complexity index is 636. The molecule has 5 aliphatic rings. The molecule has 0 heterocycles. The van der Waals surface area contributed by atoms with Crippen molar-refractivity contribution in [2.75, 3.05) is 0 Å². The Morgan fingerprint density at radius 1 is 1.04 bits per heavy atom. The van der Waals surface area contributed by atoms with Crippen LogP contribution in [0.15, 0.2) is 12.2 Å². The number of rotatable bonds is 4. The predicted octanol–water partition coefficient (Wildman–Crippen LogP) is 3.44. The monoisotopic (exact) mass is 362 g/mol. The third kappa shape index (κ3) is 3.08. The molecule has 4 bridgehead atoms. The maximum Gasteiger partial charge on any atom is 0.333 e. The molecule has 0 aliphatic heterocycles. The molecule has 0 aromatic heterocycles. The fourth-order valence-electron chi connectivity index (χ4n) is 6.38. The second kappa shape index (κ2) is 6.08. The predicted molar refractivity (Wildman–Crippen MR) is 95.2 cm³/mol. The van der Waals surface area contributed by atoms with Crippen molar-refractivity contribution in [3.63, 3.8) is 0 Å². The Morgan fingerprint density at radius 3 is 2.42 bits per heavy atom. The second-order valence-corrected chi connectivity index (χ2v) is 9.53. The lowest BCUT2D eigenvalue weighted by Crippen LogP contribution is -2.66. The van der Waals surface area contributed by atoms with Crippen molar-refractivity contribution in [2.45, 2.75) is 94.9 Å². The van der Waals surface area contributed by atoms with Crippen LogP contribution in [0.4, 0.5) is 0 Å². The Hall–Kier alpha value is -1.36. The molecule has 0 saturated heterocycles. The SMILES string of the molecule is C=C(C)C(=O)OC12CC3CC(O)(C1)CC(C(=O)OC1CCCCC1)(C3)C2. The third-order valence-electron chi connectivity index (χ3n) is 6.90. The zero-order valence-corrected chi connectivity index (χ0v) is 15.7. The number of ether oxygens (including phenoxy) is 2. The fourth-order valence-corrected chi connectivity index (χ4v) is 6.38. The van der Waals surface area contributed by atoms with E-state index in [0.717, 1.165) is 38.5 Å². The average Bonchev–Trinajstić information content (AvgIpc) is 2.52. The lowest BCUT2D eigenvalue weighted by molar-refractivity contribution is -0.247. The number of aliphatic hydroxyl groups is 1. The molecule has 5 saturated carbocycles. The molecule has 26 heavy (non-hydrogen) atoms. The van der Waals surface area contributed by atoms with E-state index < -0.39 is 22.6 Å². The van der Waals surface area contributed by atoms with Crippen LogP contribution in [-0.4, -0.2) is 34.4 Å². The number of esters is 2. The molecule has 0 spiro atoms. The van der Waals surface area contributed by atoms with Gasteiger partial charge in [-0.2, -0.15) is 0 Å². The summed E-state index contributed by atoms with van der Waals surface area (Å²) in [6.45, 7) is 5.30. The Kier molecular flexibility index (Phi) is 4.22. The summed E-state index contributed by atoms with van der Waals surface area (Å²) in [5.41, 5.74) is -2.04. The maximum atomic E-state index is 13.2. The van der Waals surface area contributed by atoms with Crippen LogP contribution >= 0.6 is 0 Å². The zero-order valence-electron chi connectivity index (χ0n) is 15.7. The van der Waals surface area contributed by atoms with Gasteiger partial charge >= 0.3 is 11.9 Å².